The summed E-state index contributed by atoms with van der Waals surface area (Å²) in [5.74, 6) is 0. The number of thiol groups is 1. The van der Waals surface area contributed by atoms with Gasteiger partial charge in [-0.1, -0.05) is 17.8 Å². The molecule has 0 atom stereocenters. The number of aromatic nitrogens is 1. The number of hydrogen-bond donors (Lipinski definition) is 0. The standard InChI is InChI=1S/C9H11N3S2.BrH.Cu/c1-7(11-12-9(13)14-2)8-5-3-4-6-10-8;;/h3-6H,1-2H3,(H,10,12,13);1H;/q;;+1/p-1. The van der Waals surface area contributed by atoms with Gasteiger partial charge in [0.2, 0.25) is 0 Å². The van der Waals surface area contributed by atoms with E-state index in [1.165, 1.54) is 11.8 Å². The third-order valence-electron chi connectivity index (χ3n) is 1.50. The van der Waals surface area contributed by atoms with E-state index in [0.29, 0.717) is 4.32 Å². The van der Waals surface area contributed by atoms with Crippen LogP contribution < -0.4 is 0 Å². The molecule has 0 saturated heterocycles. The average Bonchev–Trinajstić information content (AvgIpc) is 2.38. The molecule has 1 rings (SSSR count). The fourth-order valence-electron chi connectivity index (χ4n) is 0.787. The summed E-state index contributed by atoms with van der Waals surface area (Å²) in [6, 6.07) is 5.68. The van der Waals surface area contributed by atoms with E-state index in [0.717, 1.165) is 11.4 Å². The minimum absolute atomic E-state index is 0.639. The molecule has 0 fully saturated rings. The Morgan fingerprint density at radius 3 is 2.75 bits per heavy atom. The van der Waals surface area contributed by atoms with Gasteiger partial charge in [-0.05, 0) is 25.3 Å². The Bertz CT molecular complexity index is 346. The van der Waals surface area contributed by atoms with Gasteiger partial charge in [0.05, 0.1) is 5.69 Å². The summed E-state index contributed by atoms with van der Waals surface area (Å²) in [5.41, 5.74) is 5.53. The van der Waals surface area contributed by atoms with Crippen LogP contribution in [-0.4, -0.2) is 21.3 Å². The van der Waals surface area contributed by atoms with E-state index in [1.54, 1.807) is 6.20 Å². The van der Waals surface area contributed by atoms with Crippen molar-refractivity contribution in [3.05, 3.63) is 35.5 Å². The van der Waals surface area contributed by atoms with Gasteiger partial charge in [0, 0.05) is 11.9 Å². The maximum atomic E-state index is 4.15. The molecule has 0 aromatic carbocycles. The number of nitrogens with zero attached hydrogens (tertiary/aromatic N) is 3. The Kier molecular flexibility index (Phi) is 10.3. The molecule has 0 unspecified atom stereocenters. The molecule has 0 saturated carbocycles. The molecule has 3 nitrogen and oxygen atoms in total. The van der Waals surface area contributed by atoms with Gasteiger partial charge in [0.15, 0.2) is 16.5 Å². The van der Waals surface area contributed by atoms with Gasteiger partial charge in [0.25, 0.3) is 0 Å². The monoisotopic (exact) mass is 367 g/mol. The van der Waals surface area contributed by atoms with Gasteiger partial charge in [0.1, 0.15) is 0 Å². The van der Waals surface area contributed by atoms with Crippen LogP contribution in [-0.2, 0) is 26.4 Å². The number of hydrogen-bond acceptors (Lipinski definition) is 3. The van der Waals surface area contributed by atoms with Crippen LogP contribution in [0.15, 0.2) is 29.5 Å². The van der Waals surface area contributed by atoms with Crippen molar-refractivity contribution >= 4 is 48.1 Å². The van der Waals surface area contributed by atoms with E-state index in [-0.39, 0.29) is 0 Å². The zero-order chi connectivity index (χ0) is 12.4. The van der Waals surface area contributed by atoms with Crippen molar-refractivity contribution < 1.29 is 14.2 Å². The summed E-state index contributed by atoms with van der Waals surface area (Å²) in [6.45, 7) is 1.87. The molecule has 0 N–H and O–H groups in total. The van der Waals surface area contributed by atoms with Gasteiger partial charge >= 0.3 is 28.3 Å². The van der Waals surface area contributed by atoms with E-state index >= 15 is 0 Å². The molecule has 7 heteroatoms. The van der Waals surface area contributed by atoms with Crippen LogP contribution in [0.5, 0.6) is 0 Å². The zero-order valence-electron chi connectivity index (χ0n) is 8.69. The molecule has 16 heavy (non-hydrogen) atoms. The van der Waals surface area contributed by atoms with Crippen LogP contribution in [0.4, 0.5) is 0 Å². The quantitative estimate of drug-likeness (QED) is 0.201. The number of halogens is 1. The summed E-state index contributed by atoms with van der Waals surface area (Å²) in [7, 11) is 0. The van der Waals surface area contributed by atoms with Crippen molar-refractivity contribution in [2.24, 2.45) is 5.10 Å². The van der Waals surface area contributed by atoms with Gasteiger partial charge in [-0.25, -0.2) is 0 Å². The van der Waals surface area contributed by atoms with Crippen LogP contribution >= 0.6 is 25.9 Å². The molecule has 0 aliphatic heterocycles. The number of pyridine rings is 1. The summed E-state index contributed by atoms with van der Waals surface area (Å²) < 4.78 is 0.639. The third kappa shape index (κ3) is 6.60. The van der Waals surface area contributed by atoms with Crippen molar-refractivity contribution in [2.45, 2.75) is 6.92 Å². The molecule has 0 bridgehead atoms. The topological polar surface area (TPSA) is 39.4 Å². The molecule has 0 spiro atoms. The summed E-state index contributed by atoms with van der Waals surface area (Å²) >= 11 is 12.1. The fourth-order valence-corrected chi connectivity index (χ4v) is 0.954. The van der Waals surface area contributed by atoms with Crippen molar-refractivity contribution in [3.8, 4) is 0 Å². The van der Waals surface area contributed by atoms with E-state index in [1.807, 2.05) is 31.4 Å². The molecule has 0 aliphatic carbocycles. The molecule has 1 aromatic heterocycles. The van der Waals surface area contributed by atoms with Crippen LogP contribution in [0, 0.1) is 0 Å². The van der Waals surface area contributed by atoms with Gasteiger partial charge in [-0.15, -0.1) is 0 Å². The SMILES string of the molecule is CSC(=[SH+])[N-]N=C(C)c1ccccn1.[Cu][Br]. The van der Waals surface area contributed by atoms with Gasteiger partial charge in [-0.3, -0.25) is 4.98 Å². The molecule has 92 valence electrons. The second kappa shape index (κ2) is 10.2. The second-order valence-corrected chi connectivity index (χ2v) is 4.01. The summed E-state index contributed by atoms with van der Waals surface area (Å²) in [4.78, 5) is 4.15. The van der Waals surface area contributed by atoms with E-state index in [4.69, 9.17) is 0 Å². The number of rotatable bonds is 2. The van der Waals surface area contributed by atoms with Crippen LogP contribution in [0.1, 0.15) is 12.6 Å². The van der Waals surface area contributed by atoms with Crippen LogP contribution in [0.3, 0.4) is 0 Å². The van der Waals surface area contributed by atoms with Crippen molar-refractivity contribution in [2.75, 3.05) is 6.26 Å². The molecule has 0 aliphatic rings. The molecule has 0 amide bonds. The van der Waals surface area contributed by atoms with Crippen molar-refractivity contribution in [1.29, 1.82) is 0 Å². The first-order valence-corrected chi connectivity index (χ1v) is 8.12. The Morgan fingerprint density at radius 1 is 1.56 bits per heavy atom. The Morgan fingerprint density at radius 2 is 2.25 bits per heavy atom. The first-order chi connectivity index (χ1) is 7.74. The van der Waals surface area contributed by atoms with Crippen molar-refractivity contribution in [1.82, 2.24) is 4.98 Å². The molecular weight excluding hydrogens is 358 g/mol. The van der Waals surface area contributed by atoms with E-state index in [2.05, 4.69) is 56.0 Å². The van der Waals surface area contributed by atoms with Crippen molar-refractivity contribution in [3.63, 3.8) is 0 Å². The first-order valence-electron chi connectivity index (χ1n) is 4.12. The first kappa shape index (κ1) is 16.1. The molecule has 1 heterocycles. The average molecular weight is 369 g/mol. The predicted molar refractivity (Wildman–Crippen MR) is 76.0 cm³/mol. The molecule has 0 radical (unpaired) electrons. The second-order valence-electron chi connectivity index (χ2n) is 2.49. The predicted octanol–water partition coefficient (Wildman–Crippen LogP) is 2.75. The van der Waals surface area contributed by atoms with Crippen LogP contribution in [0.25, 0.3) is 5.43 Å². The normalized spacial score (nSPS) is 10.2. The summed E-state index contributed by atoms with van der Waals surface area (Å²) in [6.07, 6.45) is 3.63. The third-order valence-corrected chi connectivity index (χ3v) is 2.59. The molecule has 1 aromatic rings. The Balaban J connectivity index is 0.00000106. The van der Waals surface area contributed by atoms with Crippen LogP contribution in [0.2, 0.25) is 0 Å². The zero-order valence-corrected chi connectivity index (χ0v) is 12.9. The van der Waals surface area contributed by atoms with Gasteiger partial charge < -0.3 is 10.5 Å². The van der Waals surface area contributed by atoms with E-state index in [9.17, 15) is 0 Å². The Labute approximate surface area is 120 Å². The Hall–Kier alpha value is 0.0595. The van der Waals surface area contributed by atoms with Gasteiger partial charge in [-0.2, -0.15) is 0 Å². The summed E-state index contributed by atoms with van der Waals surface area (Å²) in [5, 5.41) is 4.01. The van der Waals surface area contributed by atoms with E-state index < -0.39 is 0 Å². The fraction of sp³-hybridized carbons (Fsp3) is 0.222. The molecular formula is C9H11BrCuN3S2. The maximum absolute atomic E-state index is 4.15. The minimum atomic E-state index is 0.639. The number of thioether (sulfide) groups is 1.